The smallest absolute Gasteiger partial charge is 0.258 e. The summed E-state index contributed by atoms with van der Waals surface area (Å²) in [4.78, 5) is 11.5. The highest BCUT2D eigenvalue weighted by atomic mass is 32.2. The molecule has 0 bridgehead atoms. The van der Waals surface area contributed by atoms with Crippen LogP contribution in [0.4, 0.5) is 8.78 Å². The van der Waals surface area contributed by atoms with E-state index >= 15 is 0 Å². The number of halogens is 2. The minimum Gasteiger partial charge on any atom is -0.481 e. The molecular weight excluding hydrogens is 292 g/mol. The molecule has 1 heterocycles. The number of hydrogen-bond donors (Lipinski definition) is 1. The number of nitrogens with one attached hydrogen (secondary N) is 1. The molecule has 5 nitrogen and oxygen atoms in total. The van der Waals surface area contributed by atoms with Crippen LogP contribution < -0.4 is 10.1 Å². The highest BCUT2D eigenvalue weighted by molar-refractivity contribution is 7.91. The first-order valence-electron chi connectivity index (χ1n) is 5.93. The molecule has 8 heteroatoms. The fourth-order valence-electron chi connectivity index (χ4n) is 1.91. The summed E-state index contributed by atoms with van der Waals surface area (Å²) in [5.74, 6) is -2.47. The van der Waals surface area contributed by atoms with Gasteiger partial charge in [-0.05, 0) is 18.6 Å². The van der Waals surface area contributed by atoms with E-state index < -0.39 is 40.0 Å². The lowest BCUT2D eigenvalue weighted by Crippen LogP contribution is -2.38. The number of amides is 1. The Hall–Kier alpha value is -1.70. The van der Waals surface area contributed by atoms with Gasteiger partial charge in [-0.25, -0.2) is 17.2 Å². The Labute approximate surface area is 114 Å². The molecule has 1 atom stereocenters. The van der Waals surface area contributed by atoms with Crippen molar-refractivity contribution >= 4 is 15.7 Å². The standard InChI is InChI=1S/C12H13F2NO4S/c13-8-1-2-11(10(14)5-8)19-6-12(16)15-9-3-4-20(17,18)7-9/h1-2,5,9H,3-4,6-7H2,(H,15,16)/t9-/m1/s1. The predicted molar refractivity (Wildman–Crippen MR) is 67.1 cm³/mol. The molecule has 1 aliphatic heterocycles. The van der Waals surface area contributed by atoms with Crippen molar-refractivity contribution in [1.29, 1.82) is 0 Å². The Morgan fingerprint density at radius 2 is 2.15 bits per heavy atom. The maximum absolute atomic E-state index is 13.2. The summed E-state index contributed by atoms with van der Waals surface area (Å²) in [6.07, 6.45) is 0.360. The number of sulfone groups is 1. The van der Waals surface area contributed by atoms with Gasteiger partial charge >= 0.3 is 0 Å². The van der Waals surface area contributed by atoms with Crippen LogP contribution in [0.25, 0.3) is 0 Å². The Bertz CT molecular complexity index is 618. The van der Waals surface area contributed by atoms with Crippen LogP contribution in [0, 0.1) is 11.6 Å². The molecule has 0 aromatic heterocycles. The van der Waals surface area contributed by atoms with Gasteiger partial charge in [-0.1, -0.05) is 0 Å². The zero-order chi connectivity index (χ0) is 14.8. The lowest BCUT2D eigenvalue weighted by Gasteiger charge is -2.11. The maximum atomic E-state index is 13.2. The minimum absolute atomic E-state index is 0.0470. The van der Waals surface area contributed by atoms with E-state index in [2.05, 4.69) is 5.32 Å². The Morgan fingerprint density at radius 3 is 2.75 bits per heavy atom. The first kappa shape index (κ1) is 14.7. The quantitative estimate of drug-likeness (QED) is 0.886. The fourth-order valence-corrected chi connectivity index (χ4v) is 3.59. The number of ether oxygens (including phenoxy) is 1. The van der Waals surface area contributed by atoms with Gasteiger partial charge in [-0.2, -0.15) is 0 Å². The second kappa shape index (κ2) is 5.74. The van der Waals surface area contributed by atoms with Crippen molar-refractivity contribution in [1.82, 2.24) is 5.32 Å². The highest BCUT2D eigenvalue weighted by Gasteiger charge is 2.28. The monoisotopic (exact) mass is 305 g/mol. The van der Waals surface area contributed by atoms with E-state index in [-0.39, 0.29) is 17.3 Å². The number of carbonyl (C=O) groups excluding carboxylic acids is 1. The number of benzene rings is 1. The van der Waals surface area contributed by atoms with Crippen LogP contribution in [0.3, 0.4) is 0 Å². The minimum atomic E-state index is -3.08. The van der Waals surface area contributed by atoms with Gasteiger partial charge in [0.25, 0.3) is 5.91 Å². The van der Waals surface area contributed by atoms with Crippen LogP contribution in [-0.2, 0) is 14.6 Å². The van der Waals surface area contributed by atoms with Crippen molar-refractivity contribution in [3.8, 4) is 5.75 Å². The molecule has 0 aliphatic carbocycles. The molecule has 110 valence electrons. The lowest BCUT2D eigenvalue weighted by atomic mass is 10.2. The van der Waals surface area contributed by atoms with Crippen LogP contribution in [0.2, 0.25) is 0 Å². The van der Waals surface area contributed by atoms with Crippen molar-refractivity contribution in [3.05, 3.63) is 29.8 Å². The number of carbonyl (C=O) groups is 1. The van der Waals surface area contributed by atoms with E-state index in [1.54, 1.807) is 0 Å². The third-order valence-corrected chi connectivity index (χ3v) is 4.62. The van der Waals surface area contributed by atoms with Gasteiger partial charge in [0.1, 0.15) is 5.82 Å². The number of hydrogen-bond acceptors (Lipinski definition) is 4. The van der Waals surface area contributed by atoms with Gasteiger partial charge in [0.05, 0.1) is 11.5 Å². The molecule has 20 heavy (non-hydrogen) atoms. The van der Waals surface area contributed by atoms with Crippen molar-refractivity contribution in [2.45, 2.75) is 12.5 Å². The zero-order valence-electron chi connectivity index (χ0n) is 10.4. The largest absolute Gasteiger partial charge is 0.481 e. The van der Waals surface area contributed by atoms with E-state index in [1.165, 1.54) is 0 Å². The Kier molecular flexibility index (Phi) is 4.22. The summed E-state index contributed by atoms with van der Waals surface area (Å²) in [5, 5.41) is 2.50. The van der Waals surface area contributed by atoms with E-state index in [1.807, 2.05) is 0 Å². The van der Waals surface area contributed by atoms with Gasteiger partial charge in [0, 0.05) is 12.1 Å². The van der Waals surface area contributed by atoms with E-state index in [0.717, 1.165) is 12.1 Å². The normalized spacial score (nSPS) is 20.6. The summed E-state index contributed by atoms with van der Waals surface area (Å²) in [6, 6.07) is 2.31. The van der Waals surface area contributed by atoms with Crippen LogP contribution in [-0.4, -0.2) is 38.5 Å². The molecule has 0 spiro atoms. The molecule has 1 aromatic rings. The van der Waals surface area contributed by atoms with Crippen molar-refractivity contribution in [2.24, 2.45) is 0 Å². The third kappa shape index (κ3) is 3.89. The van der Waals surface area contributed by atoms with Crippen LogP contribution in [0.15, 0.2) is 18.2 Å². The van der Waals surface area contributed by atoms with Gasteiger partial charge in [0.15, 0.2) is 28.0 Å². The SMILES string of the molecule is O=C(COc1ccc(F)cc1F)N[C@@H]1CCS(=O)(=O)C1. The van der Waals surface area contributed by atoms with E-state index in [0.29, 0.717) is 12.5 Å². The molecule has 0 unspecified atom stereocenters. The summed E-state index contributed by atoms with van der Waals surface area (Å²) >= 11 is 0. The van der Waals surface area contributed by atoms with Gasteiger partial charge in [0.2, 0.25) is 0 Å². The predicted octanol–water partition coefficient (Wildman–Crippen LogP) is 0.647. The topological polar surface area (TPSA) is 72.5 Å². The Balaban J connectivity index is 1.84. The average molecular weight is 305 g/mol. The molecule has 2 rings (SSSR count). The van der Waals surface area contributed by atoms with Crippen molar-refractivity contribution in [3.63, 3.8) is 0 Å². The molecule has 1 amide bonds. The fraction of sp³-hybridized carbons (Fsp3) is 0.417. The lowest BCUT2D eigenvalue weighted by molar-refractivity contribution is -0.123. The molecule has 1 fully saturated rings. The van der Waals surface area contributed by atoms with Crippen LogP contribution >= 0.6 is 0 Å². The van der Waals surface area contributed by atoms with Gasteiger partial charge in [-0.3, -0.25) is 4.79 Å². The van der Waals surface area contributed by atoms with Crippen molar-refractivity contribution in [2.75, 3.05) is 18.1 Å². The average Bonchev–Trinajstić information content (AvgIpc) is 2.67. The van der Waals surface area contributed by atoms with E-state index in [4.69, 9.17) is 4.74 Å². The molecule has 1 aliphatic rings. The summed E-state index contributed by atoms with van der Waals surface area (Å²) in [5.41, 5.74) is 0. The Morgan fingerprint density at radius 1 is 1.40 bits per heavy atom. The molecule has 0 saturated carbocycles. The third-order valence-electron chi connectivity index (χ3n) is 2.85. The zero-order valence-corrected chi connectivity index (χ0v) is 11.3. The van der Waals surface area contributed by atoms with Crippen LogP contribution in [0.5, 0.6) is 5.75 Å². The second-order valence-electron chi connectivity index (χ2n) is 4.53. The number of rotatable bonds is 4. The first-order chi connectivity index (χ1) is 9.35. The molecule has 1 N–H and O–H groups in total. The summed E-state index contributed by atoms with van der Waals surface area (Å²) in [7, 11) is -3.08. The van der Waals surface area contributed by atoms with Gasteiger partial charge < -0.3 is 10.1 Å². The molecular formula is C12H13F2NO4S. The highest BCUT2D eigenvalue weighted by Crippen LogP contribution is 2.17. The first-order valence-corrected chi connectivity index (χ1v) is 7.75. The molecule has 1 aromatic carbocycles. The van der Waals surface area contributed by atoms with Crippen LogP contribution in [0.1, 0.15) is 6.42 Å². The maximum Gasteiger partial charge on any atom is 0.258 e. The summed E-state index contributed by atoms with van der Waals surface area (Å²) < 4.78 is 53.2. The van der Waals surface area contributed by atoms with Crippen molar-refractivity contribution < 1.29 is 26.7 Å². The molecule has 1 saturated heterocycles. The second-order valence-corrected chi connectivity index (χ2v) is 6.76. The molecule has 0 radical (unpaired) electrons. The van der Waals surface area contributed by atoms with Gasteiger partial charge in [-0.15, -0.1) is 0 Å². The van der Waals surface area contributed by atoms with E-state index in [9.17, 15) is 22.0 Å². The summed E-state index contributed by atoms with van der Waals surface area (Å²) in [6.45, 7) is -0.459.